The van der Waals surface area contributed by atoms with Crippen LogP contribution in [0.1, 0.15) is 27.7 Å². The van der Waals surface area contributed by atoms with E-state index in [1.54, 1.807) is 0 Å². The van der Waals surface area contributed by atoms with Gasteiger partial charge in [0.1, 0.15) is 0 Å². The average molecular weight is 364 g/mol. The first-order chi connectivity index (χ1) is 9.20. The standard InChI is InChI=1S/C10H16N2O8.4H2O/c1-7(13)17-11(18-8(2)14)5-6-12(19-9(3)15)20-10(4)16;;;;/h5-6H2,1-4H3;4*1H2. The molecule has 0 saturated carbocycles. The van der Waals surface area contributed by atoms with Crippen LogP contribution in [0.3, 0.4) is 0 Å². The lowest BCUT2D eigenvalue weighted by molar-refractivity contribution is -0.354. The number of carbonyl (C=O) groups is 4. The molecule has 0 aromatic carbocycles. The van der Waals surface area contributed by atoms with Crippen molar-refractivity contribution in [2.24, 2.45) is 0 Å². The van der Waals surface area contributed by atoms with Crippen molar-refractivity contribution in [2.45, 2.75) is 27.7 Å². The molecule has 0 aromatic heterocycles. The third kappa shape index (κ3) is 19.6. The second-order valence-electron chi connectivity index (χ2n) is 3.44. The Morgan fingerprint density at radius 2 is 0.708 bits per heavy atom. The average Bonchev–Trinajstić information content (AvgIpc) is 2.22. The maximum absolute atomic E-state index is 10.8. The van der Waals surface area contributed by atoms with Gasteiger partial charge in [-0.3, -0.25) is 19.2 Å². The van der Waals surface area contributed by atoms with E-state index in [9.17, 15) is 19.2 Å². The van der Waals surface area contributed by atoms with Crippen molar-refractivity contribution in [3.05, 3.63) is 0 Å². The van der Waals surface area contributed by atoms with Gasteiger partial charge in [-0.25, -0.2) is 0 Å². The summed E-state index contributed by atoms with van der Waals surface area (Å²) in [5, 5.41) is 1.15. The van der Waals surface area contributed by atoms with Crippen molar-refractivity contribution in [3.8, 4) is 0 Å². The SMILES string of the molecule is CC(=O)ON(CCN(OC(C)=O)OC(C)=O)OC(C)=O.O.O.O.O. The third-order valence-corrected chi connectivity index (χ3v) is 1.39. The molecule has 0 radical (unpaired) electrons. The number of hydrogen-bond acceptors (Lipinski definition) is 10. The number of hydroxylamine groups is 4. The van der Waals surface area contributed by atoms with Crippen molar-refractivity contribution < 1.29 is 60.4 Å². The van der Waals surface area contributed by atoms with Crippen LogP contribution in [0.2, 0.25) is 0 Å². The van der Waals surface area contributed by atoms with Crippen LogP contribution < -0.4 is 0 Å². The minimum Gasteiger partial charge on any atom is -0.412 e. The van der Waals surface area contributed by atoms with Crippen LogP contribution >= 0.6 is 0 Å². The van der Waals surface area contributed by atoms with Crippen LogP contribution in [0.4, 0.5) is 0 Å². The number of nitrogens with zero attached hydrogens (tertiary/aromatic N) is 2. The summed E-state index contributed by atoms with van der Waals surface area (Å²) in [6.07, 6.45) is 0. The minimum absolute atomic E-state index is 0. The molecule has 14 heteroatoms. The molecule has 0 spiro atoms. The molecule has 0 heterocycles. The Hall–Kier alpha value is -2.36. The van der Waals surface area contributed by atoms with Gasteiger partial charge in [-0.15, -0.1) is 0 Å². The van der Waals surface area contributed by atoms with Crippen LogP contribution in [0.15, 0.2) is 0 Å². The van der Waals surface area contributed by atoms with E-state index in [0.717, 1.165) is 27.7 Å². The third-order valence-electron chi connectivity index (χ3n) is 1.39. The Balaban J connectivity index is -0.000000301. The predicted molar refractivity (Wildman–Crippen MR) is 74.9 cm³/mol. The Bertz CT molecular complexity index is 320. The summed E-state index contributed by atoms with van der Waals surface area (Å²) in [4.78, 5) is 61.4. The predicted octanol–water partition coefficient (Wildman–Crippen LogP) is -3.80. The van der Waals surface area contributed by atoms with Gasteiger partial charge in [0.05, 0.1) is 13.1 Å². The highest BCUT2D eigenvalue weighted by molar-refractivity contribution is 5.67. The van der Waals surface area contributed by atoms with E-state index in [4.69, 9.17) is 0 Å². The largest absolute Gasteiger partial charge is 0.412 e. The molecule has 0 rings (SSSR count). The smallest absolute Gasteiger partial charge is 0.326 e. The zero-order chi connectivity index (χ0) is 15.7. The molecule has 0 aliphatic heterocycles. The van der Waals surface area contributed by atoms with E-state index in [-0.39, 0.29) is 35.0 Å². The summed E-state index contributed by atoms with van der Waals surface area (Å²) in [6.45, 7) is 3.97. The zero-order valence-electron chi connectivity index (χ0n) is 13.6. The normalized spacial score (nSPS) is 8.42. The Kier molecular flexibility index (Phi) is 23.6. The maximum Gasteiger partial charge on any atom is 0.326 e. The molecule has 0 bridgehead atoms. The van der Waals surface area contributed by atoms with Gasteiger partial charge in [-0.1, -0.05) is 0 Å². The molecule has 0 aromatic rings. The van der Waals surface area contributed by atoms with Crippen LogP contribution in [0.5, 0.6) is 0 Å². The number of hydrogen-bond donors (Lipinski definition) is 0. The van der Waals surface area contributed by atoms with Crippen LogP contribution in [-0.4, -0.2) is 69.3 Å². The van der Waals surface area contributed by atoms with E-state index in [1.807, 2.05) is 0 Å². The zero-order valence-corrected chi connectivity index (χ0v) is 13.6. The minimum atomic E-state index is -0.724. The van der Waals surface area contributed by atoms with Gasteiger partial charge in [0.15, 0.2) is 0 Å². The monoisotopic (exact) mass is 364 g/mol. The maximum atomic E-state index is 10.8. The molecule has 0 fully saturated rings. The van der Waals surface area contributed by atoms with Crippen LogP contribution in [-0.2, 0) is 38.5 Å². The highest BCUT2D eigenvalue weighted by Crippen LogP contribution is 1.99. The van der Waals surface area contributed by atoms with E-state index in [0.29, 0.717) is 10.5 Å². The Morgan fingerprint density at radius 1 is 0.542 bits per heavy atom. The molecule has 0 atom stereocenters. The molecule has 0 aliphatic rings. The fraction of sp³-hybridized carbons (Fsp3) is 0.600. The molecule has 0 unspecified atom stereocenters. The van der Waals surface area contributed by atoms with Gasteiger partial charge in [0.25, 0.3) is 0 Å². The lowest BCUT2D eigenvalue weighted by atomic mass is 10.7. The van der Waals surface area contributed by atoms with Crippen molar-refractivity contribution in [3.63, 3.8) is 0 Å². The van der Waals surface area contributed by atoms with Crippen molar-refractivity contribution in [1.82, 2.24) is 10.5 Å². The van der Waals surface area contributed by atoms with Gasteiger partial charge >= 0.3 is 23.9 Å². The molecule has 14 nitrogen and oxygen atoms in total. The molecule has 0 amide bonds. The quantitative estimate of drug-likeness (QED) is 0.399. The van der Waals surface area contributed by atoms with Gasteiger partial charge in [0.2, 0.25) is 0 Å². The Labute approximate surface area is 136 Å². The summed E-state index contributed by atoms with van der Waals surface area (Å²) in [6, 6.07) is 0. The van der Waals surface area contributed by atoms with Crippen molar-refractivity contribution in [2.75, 3.05) is 13.1 Å². The topological polar surface area (TPSA) is 238 Å². The molecule has 24 heavy (non-hydrogen) atoms. The summed E-state index contributed by atoms with van der Waals surface area (Å²) in [7, 11) is 0. The second kappa shape index (κ2) is 17.0. The van der Waals surface area contributed by atoms with Crippen LogP contribution in [0.25, 0.3) is 0 Å². The van der Waals surface area contributed by atoms with E-state index in [1.165, 1.54) is 0 Å². The molecular formula is C10H24N2O12. The van der Waals surface area contributed by atoms with E-state index >= 15 is 0 Å². The Morgan fingerprint density at radius 3 is 0.833 bits per heavy atom. The van der Waals surface area contributed by atoms with Gasteiger partial charge in [0, 0.05) is 38.1 Å². The lowest BCUT2D eigenvalue weighted by Crippen LogP contribution is -2.38. The van der Waals surface area contributed by atoms with Gasteiger partial charge in [-0.2, -0.15) is 0 Å². The number of carbonyl (C=O) groups excluding carboxylic acids is 4. The first kappa shape index (κ1) is 33.3. The lowest BCUT2D eigenvalue weighted by Gasteiger charge is -2.22. The fourth-order valence-electron chi connectivity index (χ4n) is 0.957. The first-order valence-electron chi connectivity index (χ1n) is 5.50. The van der Waals surface area contributed by atoms with E-state index in [2.05, 4.69) is 19.4 Å². The molecule has 0 aliphatic carbocycles. The molecular weight excluding hydrogens is 340 g/mol. The van der Waals surface area contributed by atoms with Crippen LogP contribution in [0, 0.1) is 0 Å². The number of rotatable bonds is 7. The van der Waals surface area contributed by atoms with Gasteiger partial charge in [-0.05, 0) is 0 Å². The second-order valence-corrected chi connectivity index (χ2v) is 3.44. The highest BCUT2D eigenvalue weighted by atomic mass is 17.0. The molecule has 146 valence electrons. The summed E-state index contributed by atoms with van der Waals surface area (Å²) in [5.41, 5.74) is 0. The summed E-state index contributed by atoms with van der Waals surface area (Å²) >= 11 is 0. The summed E-state index contributed by atoms with van der Waals surface area (Å²) in [5.74, 6) is -2.90. The molecule has 8 N–H and O–H groups in total. The van der Waals surface area contributed by atoms with Crippen molar-refractivity contribution >= 4 is 23.9 Å². The molecule has 0 saturated heterocycles. The fourth-order valence-corrected chi connectivity index (χ4v) is 0.957. The van der Waals surface area contributed by atoms with Crippen molar-refractivity contribution in [1.29, 1.82) is 0 Å². The van der Waals surface area contributed by atoms with E-state index < -0.39 is 23.9 Å². The first-order valence-corrected chi connectivity index (χ1v) is 5.50. The summed E-state index contributed by atoms with van der Waals surface area (Å²) < 4.78 is 0. The van der Waals surface area contributed by atoms with Gasteiger partial charge < -0.3 is 41.3 Å². The highest BCUT2D eigenvalue weighted by Gasteiger charge is 2.18.